The fourth-order valence-corrected chi connectivity index (χ4v) is 2.70. The first kappa shape index (κ1) is 13.5. The molecule has 7 heteroatoms. The van der Waals surface area contributed by atoms with Crippen molar-refractivity contribution in [1.29, 1.82) is 0 Å². The molecule has 0 unspecified atom stereocenters. The highest BCUT2D eigenvalue weighted by molar-refractivity contribution is 7.99. The van der Waals surface area contributed by atoms with Gasteiger partial charge in [0, 0.05) is 16.5 Å². The van der Waals surface area contributed by atoms with Crippen molar-refractivity contribution in [2.24, 2.45) is 0 Å². The second kappa shape index (κ2) is 5.40. The Morgan fingerprint density at radius 3 is 2.79 bits per heavy atom. The predicted molar refractivity (Wildman–Crippen MR) is 69.1 cm³/mol. The van der Waals surface area contributed by atoms with E-state index in [1.807, 2.05) is 13.8 Å². The number of halogens is 1. The summed E-state index contributed by atoms with van der Waals surface area (Å²) in [5.41, 5.74) is -0.0685. The van der Waals surface area contributed by atoms with Crippen molar-refractivity contribution >= 4 is 18.0 Å². The van der Waals surface area contributed by atoms with E-state index >= 15 is 0 Å². The Kier molecular flexibility index (Phi) is 3.84. The summed E-state index contributed by atoms with van der Waals surface area (Å²) in [6.45, 7) is 3.70. The van der Waals surface area contributed by atoms with Crippen LogP contribution in [-0.4, -0.2) is 21.1 Å². The Bertz CT molecular complexity index is 663. The van der Waals surface area contributed by atoms with Gasteiger partial charge in [0.1, 0.15) is 12.1 Å². The number of aldehydes is 1. The highest BCUT2D eigenvalue weighted by Crippen LogP contribution is 2.27. The summed E-state index contributed by atoms with van der Waals surface area (Å²) in [5, 5.41) is 6.68. The maximum absolute atomic E-state index is 13.3. The van der Waals surface area contributed by atoms with Crippen LogP contribution < -0.4 is 5.69 Å². The molecule has 0 fully saturated rings. The van der Waals surface area contributed by atoms with Crippen LogP contribution in [0.3, 0.4) is 0 Å². The molecular formula is C12H12FN3O2S. The number of nitrogens with one attached hydrogen (secondary N) is 1. The first-order chi connectivity index (χ1) is 9.01. The van der Waals surface area contributed by atoms with Crippen molar-refractivity contribution in [3.05, 3.63) is 40.1 Å². The summed E-state index contributed by atoms with van der Waals surface area (Å²) < 4.78 is 14.8. The lowest BCUT2D eigenvalue weighted by Gasteiger charge is -2.08. The average molecular weight is 281 g/mol. The molecule has 100 valence electrons. The molecule has 0 saturated carbocycles. The topological polar surface area (TPSA) is 67.8 Å². The molecule has 0 amide bonds. The van der Waals surface area contributed by atoms with Gasteiger partial charge in [-0.15, -0.1) is 5.10 Å². The van der Waals surface area contributed by atoms with Gasteiger partial charge >= 0.3 is 5.69 Å². The van der Waals surface area contributed by atoms with Crippen LogP contribution in [0, 0.1) is 5.82 Å². The van der Waals surface area contributed by atoms with E-state index < -0.39 is 5.82 Å². The number of rotatable bonds is 4. The van der Waals surface area contributed by atoms with Crippen LogP contribution in [0.2, 0.25) is 0 Å². The standard InChI is InChI=1S/C12H12FN3O2S/c1-7(2)16-11(18)14-15-12(16)19-10-4-8(6-17)3-9(13)5-10/h3-7H,1-2H3,(H,14,18). The highest BCUT2D eigenvalue weighted by atomic mass is 32.2. The number of hydrogen-bond acceptors (Lipinski definition) is 4. The Morgan fingerprint density at radius 2 is 2.16 bits per heavy atom. The van der Waals surface area contributed by atoms with Crippen LogP contribution in [0.25, 0.3) is 0 Å². The SMILES string of the molecule is CC(C)n1c(Sc2cc(F)cc(C=O)c2)n[nH]c1=O. The minimum Gasteiger partial charge on any atom is -0.298 e. The largest absolute Gasteiger partial charge is 0.344 e. The van der Waals surface area contributed by atoms with E-state index in [2.05, 4.69) is 10.2 Å². The fourth-order valence-electron chi connectivity index (χ4n) is 1.63. The third kappa shape index (κ3) is 2.93. The molecule has 0 aliphatic heterocycles. The van der Waals surface area contributed by atoms with Crippen LogP contribution in [0.5, 0.6) is 0 Å². The van der Waals surface area contributed by atoms with Crippen LogP contribution >= 0.6 is 11.8 Å². The third-order valence-electron chi connectivity index (χ3n) is 2.43. The van der Waals surface area contributed by atoms with Crippen molar-refractivity contribution in [1.82, 2.24) is 14.8 Å². The Morgan fingerprint density at radius 1 is 1.42 bits per heavy atom. The molecule has 0 saturated heterocycles. The molecule has 2 rings (SSSR count). The molecule has 2 aromatic rings. The Hall–Kier alpha value is -1.89. The quantitative estimate of drug-likeness (QED) is 0.873. The van der Waals surface area contributed by atoms with Gasteiger partial charge in [-0.05, 0) is 43.8 Å². The molecule has 0 atom stereocenters. The van der Waals surface area contributed by atoms with E-state index in [4.69, 9.17) is 0 Å². The zero-order valence-corrected chi connectivity index (χ0v) is 11.2. The number of carbonyl (C=O) groups excluding carboxylic acids is 1. The molecule has 0 spiro atoms. The smallest absolute Gasteiger partial charge is 0.298 e. The van der Waals surface area contributed by atoms with E-state index in [0.29, 0.717) is 16.3 Å². The fraction of sp³-hybridized carbons (Fsp3) is 0.250. The van der Waals surface area contributed by atoms with Gasteiger partial charge < -0.3 is 0 Å². The molecule has 19 heavy (non-hydrogen) atoms. The number of H-pyrrole nitrogens is 1. The normalized spacial score (nSPS) is 10.9. The van der Waals surface area contributed by atoms with E-state index in [0.717, 1.165) is 17.8 Å². The van der Waals surface area contributed by atoms with Crippen molar-refractivity contribution in [2.45, 2.75) is 29.9 Å². The molecule has 0 aliphatic carbocycles. The number of aromatic nitrogens is 3. The van der Waals surface area contributed by atoms with Crippen LogP contribution in [0.15, 0.2) is 33.0 Å². The first-order valence-electron chi connectivity index (χ1n) is 5.62. The zero-order valence-electron chi connectivity index (χ0n) is 10.4. The van der Waals surface area contributed by atoms with E-state index in [9.17, 15) is 14.0 Å². The summed E-state index contributed by atoms with van der Waals surface area (Å²) in [4.78, 5) is 22.8. The summed E-state index contributed by atoms with van der Waals surface area (Å²) >= 11 is 1.13. The molecular weight excluding hydrogens is 269 g/mol. The van der Waals surface area contributed by atoms with Crippen LogP contribution in [-0.2, 0) is 0 Å². The zero-order chi connectivity index (χ0) is 14.0. The summed E-state index contributed by atoms with van der Waals surface area (Å²) in [6, 6.07) is 3.93. The van der Waals surface area contributed by atoms with Crippen molar-refractivity contribution in [3.63, 3.8) is 0 Å². The minimum absolute atomic E-state index is 0.0622. The predicted octanol–water partition coefficient (Wildman–Crippen LogP) is 2.26. The third-order valence-corrected chi connectivity index (χ3v) is 3.37. The van der Waals surface area contributed by atoms with Crippen LogP contribution in [0.1, 0.15) is 30.2 Å². The highest BCUT2D eigenvalue weighted by Gasteiger charge is 2.13. The summed E-state index contributed by atoms with van der Waals surface area (Å²) in [6.07, 6.45) is 0.577. The van der Waals surface area contributed by atoms with E-state index in [-0.39, 0.29) is 17.3 Å². The van der Waals surface area contributed by atoms with Crippen LogP contribution in [0.4, 0.5) is 4.39 Å². The maximum Gasteiger partial charge on any atom is 0.344 e. The van der Waals surface area contributed by atoms with Gasteiger partial charge in [0.2, 0.25) is 0 Å². The average Bonchev–Trinajstić information content (AvgIpc) is 2.69. The van der Waals surface area contributed by atoms with Gasteiger partial charge in [0.05, 0.1) is 0 Å². The summed E-state index contributed by atoms with van der Waals surface area (Å²) in [5.74, 6) is -0.499. The van der Waals surface area contributed by atoms with Gasteiger partial charge in [-0.1, -0.05) is 0 Å². The van der Waals surface area contributed by atoms with Crippen molar-refractivity contribution in [2.75, 3.05) is 0 Å². The minimum atomic E-state index is -0.499. The van der Waals surface area contributed by atoms with Gasteiger partial charge in [0.15, 0.2) is 5.16 Å². The second-order valence-corrected chi connectivity index (χ2v) is 5.26. The molecule has 1 N–H and O–H groups in total. The number of benzene rings is 1. The molecule has 0 radical (unpaired) electrons. The second-order valence-electron chi connectivity index (χ2n) is 4.22. The van der Waals surface area contributed by atoms with Gasteiger partial charge in [-0.25, -0.2) is 14.3 Å². The van der Waals surface area contributed by atoms with Crippen molar-refractivity contribution in [3.8, 4) is 0 Å². The number of aromatic amines is 1. The number of carbonyl (C=O) groups is 1. The van der Waals surface area contributed by atoms with Gasteiger partial charge in [0.25, 0.3) is 0 Å². The van der Waals surface area contributed by atoms with Crippen molar-refractivity contribution < 1.29 is 9.18 Å². The number of nitrogens with zero attached hydrogens (tertiary/aromatic N) is 2. The lowest BCUT2D eigenvalue weighted by molar-refractivity contribution is 0.112. The number of hydrogen-bond donors (Lipinski definition) is 1. The molecule has 0 aliphatic rings. The van der Waals surface area contributed by atoms with Gasteiger partial charge in [-0.3, -0.25) is 9.36 Å². The lowest BCUT2D eigenvalue weighted by Crippen LogP contribution is -2.19. The lowest BCUT2D eigenvalue weighted by atomic mass is 10.2. The van der Waals surface area contributed by atoms with E-state index in [1.165, 1.54) is 10.6 Å². The summed E-state index contributed by atoms with van der Waals surface area (Å²) in [7, 11) is 0. The van der Waals surface area contributed by atoms with E-state index in [1.54, 1.807) is 6.07 Å². The molecule has 1 heterocycles. The van der Waals surface area contributed by atoms with Gasteiger partial charge in [-0.2, -0.15) is 0 Å². The molecule has 1 aromatic heterocycles. The monoisotopic (exact) mass is 281 g/mol. The molecule has 0 bridgehead atoms. The molecule has 1 aromatic carbocycles. The Labute approximate surface area is 112 Å². The molecule has 5 nitrogen and oxygen atoms in total. The first-order valence-corrected chi connectivity index (χ1v) is 6.43. The Balaban J connectivity index is 2.39. The maximum atomic E-state index is 13.3.